The number of hydrogen-bond donors (Lipinski definition) is 2. The molecule has 44 heavy (non-hydrogen) atoms. The van der Waals surface area contributed by atoms with Gasteiger partial charge in [0.25, 0.3) is 0 Å². The van der Waals surface area contributed by atoms with Gasteiger partial charge in [0.15, 0.2) is 0 Å². The quantitative estimate of drug-likeness (QED) is 0.229. The first kappa shape index (κ1) is 32.1. The predicted molar refractivity (Wildman–Crippen MR) is 172 cm³/mol. The molecule has 1 aromatic heterocycles. The number of likely N-dealkylation sites (tertiary alicyclic amines) is 1. The Balaban J connectivity index is 1.31. The highest BCUT2D eigenvalue weighted by molar-refractivity contribution is 7.99. The molecule has 2 aliphatic rings. The van der Waals surface area contributed by atoms with Crippen LogP contribution >= 0.6 is 0 Å². The molecule has 0 radical (unpaired) electrons. The van der Waals surface area contributed by atoms with E-state index in [-0.39, 0.29) is 12.6 Å². The summed E-state index contributed by atoms with van der Waals surface area (Å²) in [6.45, 7) is 1.11. The summed E-state index contributed by atoms with van der Waals surface area (Å²) in [4.78, 5) is 3.10. The number of ether oxygens (including phenoxy) is 2. The van der Waals surface area contributed by atoms with Crippen molar-refractivity contribution in [2.24, 2.45) is 0 Å². The van der Waals surface area contributed by atoms with Crippen molar-refractivity contribution in [2.75, 3.05) is 50.7 Å². The van der Waals surface area contributed by atoms with Gasteiger partial charge in [-0.1, -0.05) is 12.0 Å². The molecule has 0 bridgehead atoms. The number of benzene rings is 2. The Morgan fingerprint density at radius 2 is 1.84 bits per heavy atom. The highest BCUT2D eigenvalue weighted by atomic mass is 32.2. The molecule has 1 aliphatic carbocycles. The Morgan fingerprint density at radius 3 is 2.50 bits per heavy atom. The molecule has 3 aromatic rings. The average molecular weight is 631 g/mol. The van der Waals surface area contributed by atoms with Crippen LogP contribution in [0.5, 0.6) is 5.75 Å². The van der Waals surface area contributed by atoms with E-state index < -0.39 is 22.2 Å². The predicted octanol–water partition coefficient (Wildman–Crippen LogP) is 5.82. The van der Waals surface area contributed by atoms with Crippen molar-refractivity contribution >= 4 is 37.7 Å². The van der Waals surface area contributed by atoms with E-state index in [2.05, 4.69) is 33.2 Å². The van der Waals surface area contributed by atoms with Crippen molar-refractivity contribution in [2.45, 2.75) is 67.9 Å². The lowest BCUT2D eigenvalue weighted by Gasteiger charge is -2.35. The molecule has 1 aliphatic heterocycles. The van der Waals surface area contributed by atoms with Gasteiger partial charge < -0.3 is 24.7 Å². The standard InChI is InChI=1S/C33H41F3N4O3S/c1-42-26-16-18-39(21-26)24-12-10-23(11-13-24)38-29-8-5-9-31-28(29)19-25(40(31)22-33(34,35)36)7-6-17-37-30-15-14-27(44(3,4)41)20-32(30)43-2/h5,8-9,14-15,19-20,23-24,26,37-38H,3,10-13,16-18,21-22H2,1-2,4H3. The summed E-state index contributed by atoms with van der Waals surface area (Å²) < 4.78 is 65.5. The number of methoxy groups -OCH3 is 2. The zero-order valence-electron chi connectivity index (χ0n) is 25.5. The molecule has 1 saturated carbocycles. The smallest absolute Gasteiger partial charge is 0.406 e. The van der Waals surface area contributed by atoms with Crippen molar-refractivity contribution in [1.29, 1.82) is 0 Å². The topological polar surface area (TPSA) is 67.8 Å². The summed E-state index contributed by atoms with van der Waals surface area (Å²) >= 11 is 0. The first-order valence-corrected chi connectivity index (χ1v) is 17.0. The van der Waals surface area contributed by atoms with Crippen LogP contribution in [0.3, 0.4) is 0 Å². The summed E-state index contributed by atoms with van der Waals surface area (Å²) in [5, 5.41) is 7.51. The van der Waals surface area contributed by atoms with Gasteiger partial charge in [0.2, 0.25) is 0 Å². The van der Waals surface area contributed by atoms with Crippen LogP contribution < -0.4 is 15.4 Å². The Bertz CT molecular complexity index is 1630. The van der Waals surface area contributed by atoms with Gasteiger partial charge in [0.05, 0.1) is 36.7 Å². The van der Waals surface area contributed by atoms with E-state index >= 15 is 0 Å². The van der Waals surface area contributed by atoms with E-state index in [0.29, 0.717) is 39.7 Å². The molecule has 2 atom stereocenters. The maximum absolute atomic E-state index is 13.7. The van der Waals surface area contributed by atoms with Gasteiger partial charge in [0.1, 0.15) is 12.3 Å². The largest absolute Gasteiger partial charge is 0.495 e. The zero-order valence-corrected chi connectivity index (χ0v) is 26.3. The number of anilines is 2. The molecule has 2 aromatic carbocycles. The molecule has 7 nitrogen and oxygen atoms in total. The summed E-state index contributed by atoms with van der Waals surface area (Å²) in [5.74, 6) is 10.1. The van der Waals surface area contributed by atoms with Crippen LogP contribution in [0.2, 0.25) is 0 Å². The normalized spacial score (nSPS) is 22.3. The molecule has 0 amide bonds. The van der Waals surface area contributed by atoms with Crippen LogP contribution in [0, 0.1) is 11.8 Å². The van der Waals surface area contributed by atoms with E-state index in [0.717, 1.165) is 56.3 Å². The van der Waals surface area contributed by atoms with Crippen molar-refractivity contribution in [1.82, 2.24) is 9.47 Å². The molecule has 5 rings (SSSR count). The van der Waals surface area contributed by atoms with Gasteiger partial charge in [-0.25, -0.2) is 0 Å². The van der Waals surface area contributed by atoms with E-state index in [1.165, 1.54) is 11.7 Å². The minimum atomic E-state index is -4.40. The monoisotopic (exact) mass is 630 g/mol. The van der Waals surface area contributed by atoms with E-state index in [4.69, 9.17) is 9.47 Å². The molecule has 2 heterocycles. The van der Waals surface area contributed by atoms with Crippen molar-refractivity contribution < 1.29 is 26.9 Å². The number of nitrogens with one attached hydrogen (secondary N) is 2. The minimum absolute atomic E-state index is 0.172. The second-order valence-corrected chi connectivity index (χ2v) is 14.3. The number of nitrogens with zero attached hydrogens (tertiary/aromatic N) is 2. The van der Waals surface area contributed by atoms with Crippen molar-refractivity contribution in [3.63, 3.8) is 0 Å². The zero-order chi connectivity index (χ0) is 31.5. The van der Waals surface area contributed by atoms with Gasteiger partial charge in [-0.2, -0.15) is 13.2 Å². The first-order chi connectivity index (χ1) is 20.9. The Kier molecular flexibility index (Phi) is 9.73. The summed E-state index contributed by atoms with van der Waals surface area (Å²) in [6.07, 6.45) is 2.74. The van der Waals surface area contributed by atoms with Crippen LogP contribution in [0.1, 0.15) is 37.8 Å². The maximum Gasteiger partial charge on any atom is 0.406 e. The molecule has 238 valence electrons. The molecule has 1 saturated heterocycles. The molecular weight excluding hydrogens is 589 g/mol. The van der Waals surface area contributed by atoms with Crippen LogP contribution in [0.4, 0.5) is 24.5 Å². The SMILES string of the molecule is C=S(C)(=O)c1ccc(NCC#Cc2cc3c(NC4CCC(N5CCC(OC)C5)CC4)cccc3n2CC(F)(F)F)c(OC)c1. The third kappa shape index (κ3) is 7.65. The molecular formula is C33H41F3N4O3S. The molecule has 0 spiro atoms. The lowest BCUT2D eigenvalue weighted by molar-refractivity contribution is -0.140. The molecule has 11 heteroatoms. The van der Waals surface area contributed by atoms with Crippen molar-refractivity contribution in [3.05, 3.63) is 48.2 Å². The second kappa shape index (κ2) is 13.3. The summed E-state index contributed by atoms with van der Waals surface area (Å²) in [6, 6.07) is 13.1. The fraction of sp³-hybridized carbons (Fsp3) is 0.485. The molecule has 2 N–H and O–H groups in total. The number of hydrogen-bond acceptors (Lipinski definition) is 6. The Labute approximate surface area is 258 Å². The lowest BCUT2D eigenvalue weighted by atomic mass is 9.90. The van der Waals surface area contributed by atoms with Crippen LogP contribution in [-0.4, -0.2) is 84.0 Å². The fourth-order valence-corrected chi connectivity index (χ4v) is 7.02. The third-order valence-electron chi connectivity index (χ3n) is 8.62. The van der Waals surface area contributed by atoms with E-state index in [9.17, 15) is 17.4 Å². The van der Waals surface area contributed by atoms with Gasteiger partial charge >= 0.3 is 6.18 Å². The lowest BCUT2D eigenvalue weighted by Crippen LogP contribution is -2.39. The van der Waals surface area contributed by atoms with Gasteiger partial charge in [-0.3, -0.25) is 9.11 Å². The number of aromatic nitrogens is 1. The highest BCUT2D eigenvalue weighted by Crippen LogP contribution is 2.33. The maximum atomic E-state index is 13.7. The number of alkyl halides is 3. The van der Waals surface area contributed by atoms with Crippen LogP contribution in [0.25, 0.3) is 10.9 Å². The minimum Gasteiger partial charge on any atom is -0.495 e. The third-order valence-corrected chi connectivity index (χ3v) is 9.87. The second-order valence-electron chi connectivity index (χ2n) is 11.8. The summed E-state index contributed by atoms with van der Waals surface area (Å²) in [5.41, 5.74) is 2.25. The van der Waals surface area contributed by atoms with Gasteiger partial charge in [0, 0.05) is 54.5 Å². The summed E-state index contributed by atoms with van der Waals surface area (Å²) in [7, 11) is 0.876. The Morgan fingerprint density at radius 1 is 1.07 bits per heavy atom. The Hall–Kier alpha value is -3.33. The van der Waals surface area contributed by atoms with Crippen LogP contribution in [-0.2, 0) is 20.8 Å². The molecule has 2 fully saturated rings. The van der Waals surface area contributed by atoms with E-state index in [1.54, 1.807) is 49.8 Å². The van der Waals surface area contributed by atoms with Gasteiger partial charge in [-0.05, 0) is 89.8 Å². The highest BCUT2D eigenvalue weighted by Gasteiger charge is 2.32. The van der Waals surface area contributed by atoms with Crippen molar-refractivity contribution in [3.8, 4) is 17.6 Å². The number of fused-ring (bicyclic) bond motifs is 1. The number of halogens is 3. The average Bonchev–Trinajstić information content (AvgIpc) is 3.60. The fourth-order valence-electron chi connectivity index (χ4n) is 6.31. The van der Waals surface area contributed by atoms with E-state index in [1.807, 2.05) is 6.07 Å². The van der Waals surface area contributed by atoms with Gasteiger partial charge in [-0.15, -0.1) is 0 Å². The number of rotatable bonds is 9. The first-order valence-electron chi connectivity index (χ1n) is 14.9. The van der Waals surface area contributed by atoms with Crippen LogP contribution in [0.15, 0.2) is 47.4 Å². The molecule has 2 unspecified atom stereocenters.